The highest BCUT2D eigenvalue weighted by atomic mass is 16.7. The molecule has 0 radical (unpaired) electrons. The van der Waals surface area contributed by atoms with Crippen LogP contribution < -0.4 is 4.74 Å². The van der Waals surface area contributed by atoms with Crippen LogP contribution in [0.1, 0.15) is 19.4 Å². The lowest BCUT2D eigenvalue weighted by atomic mass is 10.2. The van der Waals surface area contributed by atoms with Crippen molar-refractivity contribution in [2.45, 2.75) is 13.8 Å². The molecule has 0 aliphatic heterocycles. The van der Waals surface area contributed by atoms with Crippen molar-refractivity contribution < 1.29 is 14.3 Å². The number of allylic oxidation sites excluding steroid dienone is 1. The van der Waals surface area contributed by atoms with E-state index < -0.39 is 5.97 Å². The maximum atomic E-state index is 11.1. The van der Waals surface area contributed by atoms with Gasteiger partial charge in [-0.2, -0.15) is 0 Å². The molecule has 90 valence electrons. The minimum absolute atomic E-state index is 0.103. The number of benzene rings is 1. The van der Waals surface area contributed by atoms with Crippen LogP contribution in [0.25, 0.3) is 6.08 Å². The number of rotatable bonds is 5. The predicted octanol–water partition coefficient (Wildman–Crippen LogP) is 3.18. The molecule has 17 heavy (non-hydrogen) atoms. The van der Waals surface area contributed by atoms with E-state index in [-0.39, 0.29) is 6.79 Å². The maximum Gasteiger partial charge on any atom is 0.335 e. The van der Waals surface area contributed by atoms with Gasteiger partial charge in [-0.3, -0.25) is 0 Å². The first-order chi connectivity index (χ1) is 8.13. The van der Waals surface area contributed by atoms with Crippen molar-refractivity contribution in [3.8, 4) is 5.75 Å². The van der Waals surface area contributed by atoms with Crippen LogP contribution in [0.15, 0.2) is 42.5 Å². The summed E-state index contributed by atoms with van der Waals surface area (Å²) < 4.78 is 10.1. The molecular weight excluding hydrogens is 216 g/mol. The summed E-state index contributed by atoms with van der Waals surface area (Å²) in [4.78, 5) is 11.1. The quantitative estimate of drug-likeness (QED) is 0.444. The predicted molar refractivity (Wildman–Crippen MR) is 67.6 cm³/mol. The molecule has 0 atom stereocenters. The van der Waals surface area contributed by atoms with E-state index in [1.807, 2.05) is 43.3 Å². The molecule has 1 rings (SSSR count). The normalized spacial score (nSPS) is 10.2. The summed E-state index contributed by atoms with van der Waals surface area (Å²) >= 11 is 0. The molecule has 0 bridgehead atoms. The number of carbonyl (C=O) groups is 1. The summed E-state index contributed by atoms with van der Waals surface area (Å²) in [5, 5.41) is 0. The average Bonchev–Trinajstić information content (AvgIpc) is 2.31. The molecular formula is C14H16O3. The molecule has 0 N–H and O–H groups in total. The number of esters is 1. The average molecular weight is 232 g/mol. The molecule has 0 amide bonds. The number of ether oxygens (including phenoxy) is 2. The minimum atomic E-state index is -0.449. The second-order valence-corrected chi connectivity index (χ2v) is 3.54. The molecule has 0 aliphatic rings. The van der Waals surface area contributed by atoms with Gasteiger partial charge >= 0.3 is 5.97 Å². The van der Waals surface area contributed by atoms with Gasteiger partial charge in [0, 0.05) is 5.57 Å². The summed E-state index contributed by atoms with van der Waals surface area (Å²) in [5.74, 6) is 0.211. The Balaban J connectivity index is 2.42. The molecule has 0 unspecified atom stereocenters. The fourth-order valence-electron chi connectivity index (χ4n) is 1.14. The zero-order chi connectivity index (χ0) is 12.7. The molecule has 1 aromatic rings. The van der Waals surface area contributed by atoms with Crippen LogP contribution in [0.2, 0.25) is 0 Å². The van der Waals surface area contributed by atoms with E-state index in [0.29, 0.717) is 11.3 Å². The van der Waals surface area contributed by atoms with Crippen LogP contribution in [-0.2, 0) is 9.53 Å². The minimum Gasteiger partial charge on any atom is -0.457 e. The lowest BCUT2D eigenvalue weighted by Gasteiger charge is -2.07. The van der Waals surface area contributed by atoms with Crippen molar-refractivity contribution in [1.82, 2.24) is 0 Å². The Morgan fingerprint density at radius 2 is 2.00 bits per heavy atom. The van der Waals surface area contributed by atoms with Crippen molar-refractivity contribution in [2.24, 2.45) is 0 Å². The van der Waals surface area contributed by atoms with Gasteiger partial charge < -0.3 is 9.47 Å². The van der Waals surface area contributed by atoms with Crippen molar-refractivity contribution in [3.05, 3.63) is 48.1 Å². The van der Waals surface area contributed by atoms with Crippen LogP contribution >= 0.6 is 0 Å². The van der Waals surface area contributed by atoms with E-state index in [1.165, 1.54) is 0 Å². The maximum absolute atomic E-state index is 11.1. The monoisotopic (exact) mass is 232 g/mol. The fourth-order valence-corrected chi connectivity index (χ4v) is 1.14. The van der Waals surface area contributed by atoms with E-state index in [9.17, 15) is 4.79 Å². The first-order valence-corrected chi connectivity index (χ1v) is 5.31. The van der Waals surface area contributed by atoms with Gasteiger partial charge in [0.05, 0.1) is 0 Å². The molecule has 0 fully saturated rings. The summed E-state index contributed by atoms with van der Waals surface area (Å²) in [7, 11) is 0. The third-order valence-corrected chi connectivity index (χ3v) is 2.00. The number of hydrogen-bond donors (Lipinski definition) is 0. The Hall–Kier alpha value is -2.03. The van der Waals surface area contributed by atoms with Gasteiger partial charge in [-0.05, 0) is 31.5 Å². The summed E-state index contributed by atoms with van der Waals surface area (Å²) in [6.07, 6.45) is 3.95. The van der Waals surface area contributed by atoms with Gasteiger partial charge in [0.15, 0.2) is 0 Å². The Bertz CT molecular complexity index is 416. The molecule has 0 aromatic heterocycles. The van der Waals surface area contributed by atoms with Crippen LogP contribution in [0, 0.1) is 0 Å². The molecule has 0 saturated carbocycles. The smallest absolute Gasteiger partial charge is 0.335 e. The van der Waals surface area contributed by atoms with Gasteiger partial charge in [0.25, 0.3) is 0 Å². The Morgan fingerprint density at radius 1 is 1.35 bits per heavy atom. The van der Waals surface area contributed by atoms with E-state index in [1.54, 1.807) is 6.92 Å². The standard InChI is InChI=1S/C14H16O3/c1-4-5-12-6-8-13(9-7-12)16-10-17-14(15)11(2)3/h4-9H,2,10H2,1,3H3/b5-4+. The number of carbonyl (C=O) groups excluding carboxylic acids is 1. The first kappa shape index (κ1) is 13.0. The first-order valence-electron chi connectivity index (χ1n) is 5.31. The van der Waals surface area contributed by atoms with Crippen molar-refractivity contribution in [1.29, 1.82) is 0 Å². The fraction of sp³-hybridized carbons (Fsp3) is 0.214. The molecule has 3 heteroatoms. The molecule has 0 spiro atoms. The van der Waals surface area contributed by atoms with Crippen LogP contribution in [0.4, 0.5) is 0 Å². The Kier molecular flexibility index (Phi) is 5.01. The lowest BCUT2D eigenvalue weighted by molar-refractivity contribution is -0.145. The highest BCUT2D eigenvalue weighted by Crippen LogP contribution is 2.13. The van der Waals surface area contributed by atoms with E-state index in [0.717, 1.165) is 5.56 Å². The molecule has 0 aliphatic carbocycles. The third kappa shape index (κ3) is 4.55. The van der Waals surface area contributed by atoms with Gasteiger partial charge in [-0.15, -0.1) is 0 Å². The second-order valence-electron chi connectivity index (χ2n) is 3.54. The summed E-state index contributed by atoms with van der Waals surface area (Å²) in [6, 6.07) is 7.50. The van der Waals surface area contributed by atoms with Gasteiger partial charge in [-0.25, -0.2) is 4.79 Å². The van der Waals surface area contributed by atoms with E-state index >= 15 is 0 Å². The van der Waals surface area contributed by atoms with Crippen molar-refractivity contribution in [2.75, 3.05) is 6.79 Å². The zero-order valence-corrected chi connectivity index (χ0v) is 10.1. The topological polar surface area (TPSA) is 35.5 Å². The SMILES string of the molecule is C=C(C)C(=O)OCOc1ccc(/C=C/C)cc1. The lowest BCUT2D eigenvalue weighted by Crippen LogP contribution is -2.10. The summed E-state index contributed by atoms with van der Waals surface area (Å²) in [6.45, 7) is 6.92. The Morgan fingerprint density at radius 3 is 2.53 bits per heavy atom. The zero-order valence-electron chi connectivity index (χ0n) is 10.1. The van der Waals surface area contributed by atoms with Crippen molar-refractivity contribution in [3.63, 3.8) is 0 Å². The van der Waals surface area contributed by atoms with E-state index in [4.69, 9.17) is 9.47 Å². The highest BCUT2D eigenvalue weighted by molar-refractivity contribution is 5.86. The van der Waals surface area contributed by atoms with Crippen LogP contribution in [0.3, 0.4) is 0 Å². The molecule has 3 nitrogen and oxygen atoms in total. The van der Waals surface area contributed by atoms with Crippen LogP contribution in [0.5, 0.6) is 5.75 Å². The molecule has 1 aromatic carbocycles. The summed E-state index contributed by atoms with van der Waals surface area (Å²) in [5.41, 5.74) is 1.45. The van der Waals surface area contributed by atoms with Crippen molar-refractivity contribution >= 4 is 12.0 Å². The van der Waals surface area contributed by atoms with Gasteiger partial charge in [-0.1, -0.05) is 30.9 Å². The molecule has 0 heterocycles. The van der Waals surface area contributed by atoms with Crippen LogP contribution in [-0.4, -0.2) is 12.8 Å². The Labute approximate surface area is 101 Å². The van der Waals surface area contributed by atoms with Gasteiger partial charge in [0.1, 0.15) is 5.75 Å². The van der Waals surface area contributed by atoms with Gasteiger partial charge in [0.2, 0.25) is 6.79 Å². The highest BCUT2D eigenvalue weighted by Gasteiger charge is 2.02. The van der Waals surface area contributed by atoms with E-state index in [2.05, 4.69) is 6.58 Å². The molecule has 0 saturated heterocycles. The second kappa shape index (κ2) is 6.53. The number of hydrogen-bond acceptors (Lipinski definition) is 3. The third-order valence-electron chi connectivity index (χ3n) is 2.00. The largest absolute Gasteiger partial charge is 0.457 e.